The molecule has 0 amide bonds. The van der Waals surface area contributed by atoms with Gasteiger partial charge in [0.2, 0.25) is 10.0 Å². The van der Waals surface area contributed by atoms with Gasteiger partial charge in [0.15, 0.2) is 0 Å². The van der Waals surface area contributed by atoms with E-state index in [2.05, 4.69) is 9.88 Å². The molecule has 0 saturated heterocycles. The van der Waals surface area contributed by atoms with Crippen LogP contribution in [-0.4, -0.2) is 25.5 Å². The van der Waals surface area contributed by atoms with Gasteiger partial charge in [-0.2, -0.15) is 0 Å². The summed E-state index contributed by atoms with van der Waals surface area (Å²) in [6.45, 7) is 1.62. The van der Waals surface area contributed by atoms with E-state index in [1.165, 1.54) is 12.1 Å². The van der Waals surface area contributed by atoms with Gasteiger partial charge in [0.1, 0.15) is 10.0 Å². The predicted octanol–water partition coefficient (Wildman–Crippen LogP) is 1.20. The van der Waals surface area contributed by atoms with Gasteiger partial charge in [0.25, 0.3) is 0 Å². The van der Waals surface area contributed by atoms with E-state index in [-0.39, 0.29) is 16.5 Å². The molecule has 0 aliphatic heterocycles. The Morgan fingerprint density at radius 1 is 1.71 bits per heavy atom. The molecule has 9 heteroatoms. The molecule has 6 nitrogen and oxygen atoms in total. The van der Waals surface area contributed by atoms with Crippen molar-refractivity contribution in [2.24, 2.45) is 10.9 Å². The number of hydrogen-bond acceptors (Lipinski definition) is 5. The van der Waals surface area contributed by atoms with E-state index in [0.717, 1.165) is 11.3 Å². The molecule has 0 radical (unpaired) electrons. The molecule has 1 atom stereocenters. The van der Waals surface area contributed by atoms with Gasteiger partial charge < -0.3 is 10.9 Å². The second-order valence-corrected chi connectivity index (χ2v) is 7.03. The Kier molecular flexibility index (Phi) is 4.75. The fourth-order valence-electron chi connectivity index (χ4n) is 1.16. The largest absolute Gasteiger partial charge is 0.409 e. The van der Waals surface area contributed by atoms with Gasteiger partial charge in [-0.3, -0.25) is 0 Å². The summed E-state index contributed by atoms with van der Waals surface area (Å²) in [6, 6.07) is 2.46. The van der Waals surface area contributed by atoms with E-state index in [4.69, 9.17) is 22.5 Å². The summed E-state index contributed by atoms with van der Waals surface area (Å²) in [4.78, 5) is 0. The minimum absolute atomic E-state index is 0.0376. The quantitative estimate of drug-likeness (QED) is 0.329. The molecule has 17 heavy (non-hydrogen) atoms. The molecule has 0 saturated carbocycles. The molecule has 0 fully saturated rings. The number of amidine groups is 1. The summed E-state index contributed by atoms with van der Waals surface area (Å²) in [5.74, 6) is -0.0376. The second-order valence-electron chi connectivity index (χ2n) is 3.38. The lowest BCUT2D eigenvalue weighted by atomic mass is 10.2. The van der Waals surface area contributed by atoms with Crippen molar-refractivity contribution in [2.45, 2.75) is 23.6 Å². The maximum Gasteiger partial charge on any atom is 0.250 e. The zero-order valence-electron chi connectivity index (χ0n) is 8.92. The highest BCUT2D eigenvalue weighted by Crippen LogP contribution is 2.25. The normalized spacial score (nSPS) is 14.8. The first-order chi connectivity index (χ1) is 7.85. The third kappa shape index (κ3) is 4.15. The summed E-state index contributed by atoms with van der Waals surface area (Å²) in [5, 5.41) is 11.1. The molecular weight excluding hydrogens is 286 g/mol. The molecule has 0 spiro atoms. The van der Waals surface area contributed by atoms with Crippen LogP contribution in [0.4, 0.5) is 0 Å². The lowest BCUT2D eigenvalue weighted by molar-refractivity contribution is 0.316. The Hall–Kier alpha value is -0.830. The summed E-state index contributed by atoms with van der Waals surface area (Å²) in [6.07, 6.45) is 0.120. The van der Waals surface area contributed by atoms with E-state index >= 15 is 0 Å². The number of hydrogen-bond donors (Lipinski definition) is 3. The standard InChI is InChI=1S/C8H12ClN3O3S2/c1-5(4-7(10)11-13)12-17(14,15)8-3-2-6(9)16-8/h2-3,5,12-13H,4H2,1H3,(H2,10,11). The predicted molar refractivity (Wildman–Crippen MR) is 67.1 cm³/mol. The van der Waals surface area contributed by atoms with Gasteiger partial charge in [-0.05, 0) is 19.1 Å². The van der Waals surface area contributed by atoms with Gasteiger partial charge in [-0.25, -0.2) is 13.1 Å². The van der Waals surface area contributed by atoms with Crippen LogP contribution in [0.1, 0.15) is 13.3 Å². The summed E-state index contributed by atoms with van der Waals surface area (Å²) >= 11 is 6.63. The van der Waals surface area contributed by atoms with E-state index in [1.807, 2.05) is 0 Å². The van der Waals surface area contributed by atoms with Crippen molar-refractivity contribution in [1.82, 2.24) is 4.72 Å². The number of nitrogens with one attached hydrogen (secondary N) is 1. The van der Waals surface area contributed by atoms with Crippen LogP contribution < -0.4 is 10.5 Å². The Labute approximate surface area is 108 Å². The molecule has 1 unspecified atom stereocenters. The molecule has 1 aromatic heterocycles. The van der Waals surface area contributed by atoms with Crippen LogP contribution in [-0.2, 0) is 10.0 Å². The van der Waals surface area contributed by atoms with Crippen LogP contribution in [0.5, 0.6) is 0 Å². The fourth-order valence-corrected chi connectivity index (χ4v) is 3.90. The smallest absolute Gasteiger partial charge is 0.250 e. The fraction of sp³-hybridized carbons (Fsp3) is 0.375. The minimum Gasteiger partial charge on any atom is -0.409 e. The van der Waals surface area contributed by atoms with Crippen molar-refractivity contribution < 1.29 is 13.6 Å². The molecule has 1 rings (SSSR count). The van der Waals surface area contributed by atoms with Crippen LogP contribution in [0.15, 0.2) is 21.5 Å². The zero-order valence-corrected chi connectivity index (χ0v) is 11.3. The second kappa shape index (κ2) is 5.67. The van der Waals surface area contributed by atoms with E-state index in [9.17, 15) is 8.42 Å². The van der Waals surface area contributed by atoms with E-state index in [1.54, 1.807) is 6.92 Å². The van der Waals surface area contributed by atoms with Crippen LogP contribution in [0, 0.1) is 0 Å². The maximum absolute atomic E-state index is 11.8. The monoisotopic (exact) mass is 297 g/mol. The van der Waals surface area contributed by atoms with Crippen LogP contribution in [0.3, 0.4) is 0 Å². The number of rotatable bonds is 5. The number of oxime groups is 1. The SMILES string of the molecule is CC(CC(N)=NO)NS(=O)(=O)c1ccc(Cl)s1. The van der Waals surface area contributed by atoms with Crippen molar-refractivity contribution in [3.63, 3.8) is 0 Å². The number of thiophene rings is 1. The van der Waals surface area contributed by atoms with Crippen LogP contribution >= 0.6 is 22.9 Å². The van der Waals surface area contributed by atoms with Gasteiger partial charge in [-0.1, -0.05) is 16.8 Å². The first-order valence-electron chi connectivity index (χ1n) is 4.59. The Morgan fingerprint density at radius 3 is 2.82 bits per heavy atom. The average molecular weight is 298 g/mol. The summed E-state index contributed by atoms with van der Waals surface area (Å²) < 4.78 is 26.6. The molecule has 4 N–H and O–H groups in total. The van der Waals surface area contributed by atoms with E-state index < -0.39 is 16.1 Å². The highest BCUT2D eigenvalue weighted by molar-refractivity contribution is 7.91. The summed E-state index contributed by atoms with van der Waals surface area (Å²) in [5.41, 5.74) is 5.28. The third-order valence-electron chi connectivity index (χ3n) is 1.81. The first-order valence-corrected chi connectivity index (χ1v) is 7.27. The third-order valence-corrected chi connectivity index (χ3v) is 5.13. The number of nitrogens with zero attached hydrogens (tertiary/aromatic N) is 1. The van der Waals surface area contributed by atoms with Crippen molar-refractivity contribution in [2.75, 3.05) is 0 Å². The van der Waals surface area contributed by atoms with Gasteiger partial charge in [0.05, 0.1) is 4.34 Å². The lowest BCUT2D eigenvalue weighted by Crippen LogP contribution is -2.35. The Morgan fingerprint density at radius 2 is 2.35 bits per heavy atom. The van der Waals surface area contributed by atoms with Crippen molar-refractivity contribution >= 4 is 38.8 Å². The highest BCUT2D eigenvalue weighted by atomic mass is 35.5. The van der Waals surface area contributed by atoms with E-state index in [0.29, 0.717) is 4.34 Å². The Bertz CT molecular complexity index is 512. The Balaban J connectivity index is 2.74. The number of sulfonamides is 1. The molecule has 0 aliphatic rings. The number of nitrogens with two attached hydrogens (primary N) is 1. The topological polar surface area (TPSA) is 105 Å². The number of halogens is 1. The molecular formula is C8H12ClN3O3S2. The molecule has 0 bridgehead atoms. The van der Waals surface area contributed by atoms with Gasteiger partial charge in [0, 0.05) is 12.5 Å². The molecule has 1 heterocycles. The van der Waals surface area contributed by atoms with Crippen LogP contribution in [0.25, 0.3) is 0 Å². The average Bonchev–Trinajstić information content (AvgIpc) is 2.64. The highest BCUT2D eigenvalue weighted by Gasteiger charge is 2.19. The first kappa shape index (κ1) is 14.2. The maximum atomic E-state index is 11.8. The van der Waals surface area contributed by atoms with Gasteiger partial charge in [-0.15, -0.1) is 11.3 Å². The van der Waals surface area contributed by atoms with Crippen molar-refractivity contribution in [1.29, 1.82) is 0 Å². The zero-order chi connectivity index (χ0) is 13.1. The lowest BCUT2D eigenvalue weighted by Gasteiger charge is -2.12. The van der Waals surface area contributed by atoms with Crippen molar-refractivity contribution in [3.05, 3.63) is 16.5 Å². The van der Waals surface area contributed by atoms with Crippen molar-refractivity contribution in [3.8, 4) is 0 Å². The summed E-state index contributed by atoms with van der Waals surface area (Å²) in [7, 11) is -3.60. The molecule has 0 aliphatic carbocycles. The van der Waals surface area contributed by atoms with Crippen LogP contribution in [0.2, 0.25) is 4.34 Å². The minimum atomic E-state index is -3.60. The molecule has 0 aromatic carbocycles. The van der Waals surface area contributed by atoms with Gasteiger partial charge >= 0.3 is 0 Å². The molecule has 96 valence electrons. The molecule has 1 aromatic rings.